The number of morpholine rings is 1. The fourth-order valence-corrected chi connectivity index (χ4v) is 5.20. The minimum atomic E-state index is -0.326. The third kappa shape index (κ3) is 4.50. The van der Waals surface area contributed by atoms with Gasteiger partial charge in [-0.05, 0) is 48.2 Å². The molecule has 1 saturated heterocycles. The van der Waals surface area contributed by atoms with Gasteiger partial charge in [-0.1, -0.05) is 6.07 Å². The van der Waals surface area contributed by atoms with Crippen molar-refractivity contribution < 1.29 is 19.1 Å². The molecule has 0 unspecified atom stereocenters. The summed E-state index contributed by atoms with van der Waals surface area (Å²) in [6.07, 6.45) is 2.66. The van der Waals surface area contributed by atoms with Gasteiger partial charge in [0.2, 0.25) is 0 Å². The number of benzene rings is 1. The van der Waals surface area contributed by atoms with Crippen LogP contribution >= 0.6 is 0 Å². The van der Waals surface area contributed by atoms with E-state index in [1.165, 1.54) is 0 Å². The van der Waals surface area contributed by atoms with E-state index in [0.29, 0.717) is 74.5 Å². The Kier molecular flexibility index (Phi) is 6.21. The lowest BCUT2D eigenvalue weighted by Gasteiger charge is -2.35. The molecule has 3 amide bonds. The summed E-state index contributed by atoms with van der Waals surface area (Å²) in [5.41, 5.74) is 3.09. The first-order valence-corrected chi connectivity index (χ1v) is 12.6. The Balaban J connectivity index is 1.22. The van der Waals surface area contributed by atoms with E-state index in [0.717, 1.165) is 36.3 Å². The Labute approximate surface area is 214 Å². The van der Waals surface area contributed by atoms with Crippen molar-refractivity contribution >= 4 is 17.8 Å². The Morgan fingerprint density at radius 2 is 1.86 bits per heavy atom. The van der Waals surface area contributed by atoms with Crippen molar-refractivity contribution in [2.45, 2.75) is 32.4 Å². The SMILES string of the molecule is COc1cc2c(cc1C(=O)Nc1cccc(-c3nnc4n3CCC4)n1)CN(C(=O)N1CCOCC1)CC2. The van der Waals surface area contributed by atoms with Crippen LogP contribution in [0.15, 0.2) is 30.3 Å². The summed E-state index contributed by atoms with van der Waals surface area (Å²) in [7, 11) is 1.56. The van der Waals surface area contributed by atoms with Gasteiger partial charge in [0.15, 0.2) is 5.82 Å². The maximum atomic E-state index is 13.4. The molecule has 3 aromatic rings. The predicted octanol–water partition coefficient (Wildman–Crippen LogP) is 2.36. The minimum absolute atomic E-state index is 0.0109. The number of anilines is 1. The van der Waals surface area contributed by atoms with Crippen LogP contribution in [-0.2, 0) is 30.7 Å². The highest BCUT2D eigenvalue weighted by Gasteiger charge is 2.28. The topological polar surface area (TPSA) is 115 Å². The van der Waals surface area contributed by atoms with E-state index in [1.807, 2.05) is 34.1 Å². The van der Waals surface area contributed by atoms with Crippen LogP contribution < -0.4 is 10.1 Å². The zero-order valence-electron chi connectivity index (χ0n) is 20.8. The van der Waals surface area contributed by atoms with Crippen LogP contribution in [0.25, 0.3) is 11.5 Å². The molecule has 6 rings (SSSR count). The number of nitrogens with one attached hydrogen (secondary N) is 1. The molecule has 11 nitrogen and oxygen atoms in total. The first-order valence-electron chi connectivity index (χ1n) is 12.6. The highest BCUT2D eigenvalue weighted by Crippen LogP contribution is 2.30. The number of aromatic nitrogens is 4. The molecule has 5 heterocycles. The molecule has 0 aliphatic carbocycles. The number of methoxy groups -OCH3 is 1. The highest BCUT2D eigenvalue weighted by molar-refractivity contribution is 6.06. The number of hydrogen-bond donors (Lipinski definition) is 1. The summed E-state index contributed by atoms with van der Waals surface area (Å²) >= 11 is 0. The van der Waals surface area contributed by atoms with Crippen molar-refractivity contribution in [1.29, 1.82) is 0 Å². The highest BCUT2D eigenvalue weighted by atomic mass is 16.5. The van der Waals surface area contributed by atoms with Crippen molar-refractivity contribution in [3.63, 3.8) is 0 Å². The van der Waals surface area contributed by atoms with Gasteiger partial charge in [-0.15, -0.1) is 10.2 Å². The molecule has 0 atom stereocenters. The number of ether oxygens (including phenoxy) is 2. The number of carbonyl (C=O) groups excluding carboxylic acids is 2. The van der Waals surface area contributed by atoms with Crippen molar-refractivity contribution in [1.82, 2.24) is 29.5 Å². The van der Waals surface area contributed by atoms with Gasteiger partial charge in [-0.3, -0.25) is 4.79 Å². The number of pyridine rings is 1. The number of rotatable bonds is 4. The van der Waals surface area contributed by atoms with Crippen molar-refractivity contribution in [2.24, 2.45) is 0 Å². The summed E-state index contributed by atoms with van der Waals surface area (Å²) in [6.45, 7) is 4.26. The molecular formula is C26H29N7O4. The van der Waals surface area contributed by atoms with Crippen LogP contribution in [-0.4, -0.2) is 81.4 Å². The largest absolute Gasteiger partial charge is 0.496 e. The van der Waals surface area contributed by atoms with Crippen molar-refractivity contribution in [3.05, 3.63) is 52.8 Å². The van der Waals surface area contributed by atoms with E-state index in [9.17, 15) is 9.59 Å². The van der Waals surface area contributed by atoms with Gasteiger partial charge < -0.3 is 29.2 Å². The van der Waals surface area contributed by atoms with E-state index in [2.05, 4.69) is 25.1 Å². The van der Waals surface area contributed by atoms with Gasteiger partial charge in [-0.25, -0.2) is 9.78 Å². The van der Waals surface area contributed by atoms with Gasteiger partial charge >= 0.3 is 6.03 Å². The third-order valence-electron chi connectivity index (χ3n) is 7.16. The molecule has 11 heteroatoms. The summed E-state index contributed by atoms with van der Waals surface area (Å²) in [5.74, 6) is 2.26. The molecule has 1 N–H and O–H groups in total. The number of fused-ring (bicyclic) bond motifs is 2. The number of urea groups is 1. The third-order valence-corrected chi connectivity index (χ3v) is 7.16. The molecule has 0 bridgehead atoms. The second-order valence-corrected chi connectivity index (χ2v) is 9.43. The van der Waals surface area contributed by atoms with Crippen LogP contribution in [0.1, 0.15) is 33.7 Å². The van der Waals surface area contributed by atoms with Crippen LogP contribution in [0.4, 0.5) is 10.6 Å². The molecular weight excluding hydrogens is 474 g/mol. The normalized spacial score (nSPS) is 16.8. The first kappa shape index (κ1) is 23.4. The number of hydrogen-bond acceptors (Lipinski definition) is 7. The number of carbonyl (C=O) groups is 2. The van der Waals surface area contributed by atoms with Crippen molar-refractivity contribution in [2.75, 3.05) is 45.3 Å². The Bertz CT molecular complexity index is 1350. The zero-order chi connectivity index (χ0) is 25.4. The first-order chi connectivity index (χ1) is 18.1. The van der Waals surface area contributed by atoms with Crippen molar-refractivity contribution in [3.8, 4) is 17.3 Å². The Hall–Kier alpha value is -3.99. The molecule has 0 spiro atoms. The molecule has 3 aliphatic heterocycles. The maximum absolute atomic E-state index is 13.4. The molecule has 3 aliphatic rings. The van der Waals surface area contributed by atoms with Crippen LogP contribution in [0.3, 0.4) is 0 Å². The lowest BCUT2D eigenvalue weighted by molar-refractivity contribution is 0.0421. The summed E-state index contributed by atoms with van der Waals surface area (Å²) in [4.78, 5) is 34.7. The fraction of sp³-hybridized carbons (Fsp3) is 0.423. The van der Waals surface area contributed by atoms with Gasteiger partial charge in [-0.2, -0.15) is 0 Å². The molecule has 1 fully saturated rings. The lowest BCUT2D eigenvalue weighted by atomic mass is 9.96. The molecule has 192 valence electrons. The molecule has 37 heavy (non-hydrogen) atoms. The Morgan fingerprint density at radius 3 is 2.70 bits per heavy atom. The molecule has 2 aromatic heterocycles. The molecule has 1 aromatic carbocycles. The summed E-state index contributed by atoms with van der Waals surface area (Å²) in [6, 6.07) is 9.20. The predicted molar refractivity (Wildman–Crippen MR) is 134 cm³/mol. The quantitative estimate of drug-likeness (QED) is 0.581. The fourth-order valence-electron chi connectivity index (χ4n) is 5.20. The monoisotopic (exact) mass is 503 g/mol. The van der Waals surface area contributed by atoms with Gasteiger partial charge in [0, 0.05) is 39.1 Å². The standard InChI is InChI=1S/C26H29N7O4/c1-36-21-15-17-7-9-32(26(35)31-10-12-37-13-11-31)16-18(17)14-19(21)25(34)28-22-5-2-4-20(27-22)24-30-29-23-6-3-8-33(23)24/h2,4-5,14-15H,3,6-13,16H2,1H3,(H,27,28,34). The van der Waals surface area contributed by atoms with Gasteiger partial charge in [0.25, 0.3) is 5.91 Å². The smallest absolute Gasteiger partial charge is 0.320 e. The van der Waals surface area contributed by atoms with Crippen LogP contribution in [0.2, 0.25) is 0 Å². The van der Waals surface area contributed by atoms with E-state index in [4.69, 9.17) is 9.47 Å². The number of nitrogens with zero attached hydrogens (tertiary/aromatic N) is 6. The van der Waals surface area contributed by atoms with Crippen LogP contribution in [0.5, 0.6) is 5.75 Å². The second-order valence-electron chi connectivity index (χ2n) is 9.43. The second kappa shape index (κ2) is 9.81. The average Bonchev–Trinajstić information content (AvgIpc) is 3.56. The summed E-state index contributed by atoms with van der Waals surface area (Å²) in [5, 5.41) is 11.5. The van der Waals surface area contributed by atoms with E-state index in [-0.39, 0.29) is 11.9 Å². The number of aryl methyl sites for hydroxylation is 1. The average molecular weight is 504 g/mol. The van der Waals surface area contributed by atoms with E-state index in [1.54, 1.807) is 13.2 Å². The zero-order valence-corrected chi connectivity index (χ0v) is 20.8. The summed E-state index contributed by atoms with van der Waals surface area (Å²) < 4.78 is 13.0. The van der Waals surface area contributed by atoms with Gasteiger partial charge in [0.05, 0.1) is 25.9 Å². The van der Waals surface area contributed by atoms with E-state index >= 15 is 0 Å². The Morgan fingerprint density at radius 1 is 1.00 bits per heavy atom. The van der Waals surface area contributed by atoms with Crippen LogP contribution in [0, 0.1) is 0 Å². The lowest BCUT2D eigenvalue weighted by Crippen LogP contribution is -2.49. The maximum Gasteiger partial charge on any atom is 0.320 e. The number of amides is 3. The van der Waals surface area contributed by atoms with Gasteiger partial charge in [0.1, 0.15) is 23.1 Å². The molecule has 0 radical (unpaired) electrons. The minimum Gasteiger partial charge on any atom is -0.496 e. The van der Waals surface area contributed by atoms with E-state index < -0.39 is 0 Å². The molecule has 0 saturated carbocycles.